The van der Waals surface area contributed by atoms with Crippen LogP contribution in [0.2, 0.25) is 0 Å². The van der Waals surface area contributed by atoms with Crippen LogP contribution >= 0.6 is 15.9 Å². The van der Waals surface area contributed by atoms with Crippen LogP contribution in [0, 0.1) is 6.92 Å². The molecule has 0 amide bonds. The molecule has 4 heteroatoms. The second-order valence-corrected chi connectivity index (χ2v) is 3.57. The highest BCUT2D eigenvalue weighted by molar-refractivity contribution is 9.10. The van der Waals surface area contributed by atoms with E-state index in [2.05, 4.69) is 25.9 Å². The summed E-state index contributed by atoms with van der Waals surface area (Å²) >= 11 is 3.29. The fraction of sp³-hybridized carbons (Fsp3) is 0.111. The van der Waals surface area contributed by atoms with Crippen LogP contribution in [0.25, 0.3) is 5.69 Å². The van der Waals surface area contributed by atoms with Crippen molar-refractivity contribution in [3.63, 3.8) is 0 Å². The third kappa shape index (κ3) is 1.78. The number of imidazole rings is 1. The Morgan fingerprint density at radius 1 is 1.31 bits per heavy atom. The normalized spacial score (nSPS) is 10.3. The molecule has 0 aliphatic rings. The van der Waals surface area contributed by atoms with E-state index in [0.29, 0.717) is 0 Å². The van der Waals surface area contributed by atoms with Crippen LogP contribution < -0.4 is 0 Å². The lowest BCUT2D eigenvalue weighted by Crippen LogP contribution is -1.90. The van der Waals surface area contributed by atoms with Gasteiger partial charge < -0.3 is 4.57 Å². The first-order valence-electron chi connectivity index (χ1n) is 3.88. The molecule has 0 fully saturated rings. The average molecular weight is 238 g/mol. The van der Waals surface area contributed by atoms with Crippen molar-refractivity contribution in [1.82, 2.24) is 14.5 Å². The SMILES string of the molecule is Cc1cn(-c2ccc(Br)nc2)cn1. The van der Waals surface area contributed by atoms with Crippen molar-refractivity contribution in [2.75, 3.05) is 0 Å². The van der Waals surface area contributed by atoms with E-state index in [1.54, 1.807) is 12.5 Å². The van der Waals surface area contributed by atoms with E-state index in [1.807, 2.05) is 29.8 Å². The van der Waals surface area contributed by atoms with Gasteiger partial charge in [-0.1, -0.05) is 0 Å². The first-order chi connectivity index (χ1) is 6.25. The Morgan fingerprint density at radius 2 is 2.15 bits per heavy atom. The van der Waals surface area contributed by atoms with Gasteiger partial charge in [0.2, 0.25) is 0 Å². The molecule has 0 aromatic carbocycles. The Bertz CT molecular complexity index is 405. The lowest BCUT2D eigenvalue weighted by molar-refractivity contribution is 1.03. The number of hydrogen-bond donors (Lipinski definition) is 0. The lowest BCUT2D eigenvalue weighted by atomic mass is 10.4. The summed E-state index contributed by atoms with van der Waals surface area (Å²) in [7, 11) is 0. The van der Waals surface area contributed by atoms with Gasteiger partial charge in [0.15, 0.2) is 0 Å². The molecule has 0 aliphatic carbocycles. The predicted molar refractivity (Wildman–Crippen MR) is 53.8 cm³/mol. The number of hydrogen-bond acceptors (Lipinski definition) is 2. The van der Waals surface area contributed by atoms with Crippen molar-refractivity contribution in [3.8, 4) is 5.69 Å². The molecule has 2 aromatic rings. The van der Waals surface area contributed by atoms with Gasteiger partial charge in [-0.25, -0.2) is 9.97 Å². The van der Waals surface area contributed by atoms with Crippen molar-refractivity contribution in [3.05, 3.63) is 41.2 Å². The molecule has 0 atom stereocenters. The Labute approximate surface area is 84.6 Å². The summed E-state index contributed by atoms with van der Waals surface area (Å²) in [5.41, 5.74) is 2.02. The minimum absolute atomic E-state index is 0.841. The van der Waals surface area contributed by atoms with Gasteiger partial charge in [-0.3, -0.25) is 0 Å². The van der Waals surface area contributed by atoms with E-state index < -0.39 is 0 Å². The molecule has 0 spiro atoms. The zero-order valence-corrected chi connectivity index (χ0v) is 8.69. The lowest BCUT2D eigenvalue weighted by Gasteiger charge is -1.99. The highest BCUT2D eigenvalue weighted by atomic mass is 79.9. The average Bonchev–Trinajstić information content (AvgIpc) is 2.53. The van der Waals surface area contributed by atoms with E-state index in [1.165, 1.54) is 0 Å². The van der Waals surface area contributed by atoms with Crippen molar-refractivity contribution in [2.24, 2.45) is 0 Å². The Kier molecular flexibility index (Phi) is 2.14. The minimum atomic E-state index is 0.841. The summed E-state index contributed by atoms with van der Waals surface area (Å²) in [6.07, 6.45) is 5.54. The zero-order valence-electron chi connectivity index (χ0n) is 7.11. The summed E-state index contributed by atoms with van der Waals surface area (Å²) in [6, 6.07) is 3.89. The smallest absolute Gasteiger partial charge is 0.106 e. The molecule has 2 heterocycles. The van der Waals surface area contributed by atoms with Gasteiger partial charge in [-0.05, 0) is 35.0 Å². The number of pyridine rings is 1. The van der Waals surface area contributed by atoms with Gasteiger partial charge in [0.05, 0.1) is 23.9 Å². The number of aryl methyl sites for hydroxylation is 1. The van der Waals surface area contributed by atoms with Crippen LogP contribution in [0.3, 0.4) is 0 Å². The van der Waals surface area contributed by atoms with Gasteiger partial charge in [0.1, 0.15) is 4.60 Å². The molecule has 66 valence electrons. The van der Waals surface area contributed by atoms with Crippen molar-refractivity contribution in [2.45, 2.75) is 6.92 Å². The van der Waals surface area contributed by atoms with Crippen LogP contribution in [0.1, 0.15) is 5.69 Å². The highest BCUT2D eigenvalue weighted by Crippen LogP contribution is 2.10. The predicted octanol–water partition coefficient (Wildman–Crippen LogP) is 2.34. The number of rotatable bonds is 1. The Morgan fingerprint density at radius 3 is 2.69 bits per heavy atom. The molecule has 13 heavy (non-hydrogen) atoms. The molecule has 0 unspecified atom stereocenters. The quantitative estimate of drug-likeness (QED) is 0.714. The molecule has 2 rings (SSSR count). The molecule has 3 nitrogen and oxygen atoms in total. The molecule has 0 radical (unpaired) electrons. The molecule has 0 saturated heterocycles. The van der Waals surface area contributed by atoms with Crippen molar-refractivity contribution >= 4 is 15.9 Å². The van der Waals surface area contributed by atoms with Crippen molar-refractivity contribution < 1.29 is 0 Å². The second kappa shape index (κ2) is 3.30. The molecule has 2 aromatic heterocycles. The second-order valence-electron chi connectivity index (χ2n) is 2.76. The van der Waals surface area contributed by atoms with E-state index in [0.717, 1.165) is 16.0 Å². The number of halogens is 1. The molecule has 0 saturated carbocycles. The van der Waals surface area contributed by atoms with Crippen LogP contribution in [0.4, 0.5) is 0 Å². The molecule has 0 aliphatic heterocycles. The fourth-order valence-electron chi connectivity index (χ4n) is 1.08. The Hall–Kier alpha value is -1.16. The van der Waals surface area contributed by atoms with Crippen LogP contribution in [-0.2, 0) is 0 Å². The first kappa shape index (κ1) is 8.44. The van der Waals surface area contributed by atoms with Gasteiger partial charge in [-0.15, -0.1) is 0 Å². The summed E-state index contributed by atoms with van der Waals surface area (Å²) in [5.74, 6) is 0. The summed E-state index contributed by atoms with van der Waals surface area (Å²) in [5, 5.41) is 0. The molecular formula is C9H8BrN3. The van der Waals surface area contributed by atoms with Crippen molar-refractivity contribution in [1.29, 1.82) is 0 Å². The van der Waals surface area contributed by atoms with Crippen LogP contribution in [0.15, 0.2) is 35.5 Å². The molecule has 0 N–H and O–H groups in total. The minimum Gasteiger partial charge on any atom is -0.304 e. The zero-order chi connectivity index (χ0) is 9.26. The standard InChI is InChI=1S/C9H8BrN3/c1-7-5-13(6-12-7)8-2-3-9(10)11-4-8/h2-6H,1H3. The highest BCUT2D eigenvalue weighted by Gasteiger charge is 1.97. The Balaban J connectivity index is 2.41. The van der Waals surface area contributed by atoms with Crippen LogP contribution in [-0.4, -0.2) is 14.5 Å². The molecular weight excluding hydrogens is 230 g/mol. The van der Waals surface area contributed by atoms with E-state index >= 15 is 0 Å². The summed E-state index contributed by atoms with van der Waals surface area (Å²) in [6.45, 7) is 1.96. The maximum absolute atomic E-state index is 4.14. The topological polar surface area (TPSA) is 30.7 Å². The van der Waals surface area contributed by atoms with Gasteiger partial charge in [0, 0.05) is 6.20 Å². The van der Waals surface area contributed by atoms with E-state index in [4.69, 9.17) is 0 Å². The monoisotopic (exact) mass is 237 g/mol. The number of nitrogens with zero attached hydrogens (tertiary/aromatic N) is 3. The van der Waals surface area contributed by atoms with E-state index in [-0.39, 0.29) is 0 Å². The van der Waals surface area contributed by atoms with Gasteiger partial charge >= 0.3 is 0 Å². The summed E-state index contributed by atoms with van der Waals surface area (Å²) in [4.78, 5) is 8.27. The van der Waals surface area contributed by atoms with Gasteiger partial charge in [-0.2, -0.15) is 0 Å². The fourth-order valence-corrected chi connectivity index (χ4v) is 1.32. The maximum Gasteiger partial charge on any atom is 0.106 e. The van der Waals surface area contributed by atoms with Crippen LogP contribution in [0.5, 0.6) is 0 Å². The number of aromatic nitrogens is 3. The largest absolute Gasteiger partial charge is 0.304 e. The van der Waals surface area contributed by atoms with E-state index in [9.17, 15) is 0 Å². The third-order valence-corrected chi connectivity index (χ3v) is 2.19. The summed E-state index contributed by atoms with van der Waals surface area (Å²) < 4.78 is 2.78. The maximum atomic E-state index is 4.14. The van der Waals surface area contributed by atoms with Gasteiger partial charge in [0.25, 0.3) is 0 Å². The molecule has 0 bridgehead atoms. The third-order valence-electron chi connectivity index (χ3n) is 1.72. The first-order valence-corrected chi connectivity index (χ1v) is 4.67.